The number of nitrogens with one attached hydrogen (secondary N) is 1. The van der Waals surface area contributed by atoms with Gasteiger partial charge < -0.3 is 11.1 Å². The van der Waals surface area contributed by atoms with E-state index in [0.717, 1.165) is 12.8 Å². The van der Waals surface area contributed by atoms with Gasteiger partial charge in [0.25, 0.3) is 5.91 Å². The van der Waals surface area contributed by atoms with Crippen molar-refractivity contribution in [3.63, 3.8) is 0 Å². The van der Waals surface area contributed by atoms with Gasteiger partial charge in [-0.05, 0) is 24.6 Å². The number of hydrogen-bond donors (Lipinski definition) is 2. The van der Waals surface area contributed by atoms with E-state index in [2.05, 4.69) is 11.2 Å². The quantitative estimate of drug-likeness (QED) is 0.637. The summed E-state index contributed by atoms with van der Waals surface area (Å²) in [6.45, 7) is 2.01. The molecule has 1 rings (SSSR count). The van der Waals surface area contributed by atoms with Gasteiger partial charge in [0.1, 0.15) is 0 Å². The zero-order chi connectivity index (χ0) is 12.8. The maximum absolute atomic E-state index is 11.9. The van der Waals surface area contributed by atoms with Crippen molar-refractivity contribution in [3.05, 3.63) is 28.8 Å². The van der Waals surface area contributed by atoms with Crippen LogP contribution in [0, 0.1) is 12.3 Å². The van der Waals surface area contributed by atoms with E-state index in [1.54, 1.807) is 18.2 Å². The zero-order valence-electron chi connectivity index (χ0n) is 9.66. The highest BCUT2D eigenvalue weighted by Gasteiger charge is 2.13. The Kier molecular flexibility index (Phi) is 4.86. The molecule has 0 aliphatic rings. The summed E-state index contributed by atoms with van der Waals surface area (Å²) in [7, 11) is 0. The number of rotatable bonds is 4. The number of halogens is 1. The molecule has 0 radical (unpaired) electrons. The van der Waals surface area contributed by atoms with Gasteiger partial charge in [-0.3, -0.25) is 4.79 Å². The van der Waals surface area contributed by atoms with E-state index in [4.69, 9.17) is 23.8 Å². The average molecular weight is 251 g/mol. The Bertz CT molecular complexity index is 451. The second-order valence-electron chi connectivity index (χ2n) is 3.72. The molecule has 0 fully saturated rings. The number of carbonyl (C=O) groups is 1. The van der Waals surface area contributed by atoms with Crippen molar-refractivity contribution < 1.29 is 4.79 Å². The lowest BCUT2D eigenvalue weighted by atomic mass is 10.1. The highest BCUT2D eigenvalue weighted by Crippen LogP contribution is 2.19. The Labute approximate surface area is 106 Å². The van der Waals surface area contributed by atoms with Crippen LogP contribution < -0.4 is 11.1 Å². The van der Waals surface area contributed by atoms with E-state index in [9.17, 15) is 4.79 Å². The standard InChI is InChI=1S/C13H15ClN2O/c1-3-5-10(4-2)16-13(17)11-7-6-9(15)8-12(11)14/h2,6-8,10H,3,5,15H2,1H3,(H,16,17). The van der Waals surface area contributed by atoms with E-state index in [0.29, 0.717) is 16.3 Å². The first-order chi connectivity index (χ1) is 8.08. The predicted octanol–water partition coefficient (Wildman–Crippen LogP) is 2.45. The Balaban J connectivity index is 2.79. The van der Waals surface area contributed by atoms with Crippen LogP contribution in [-0.2, 0) is 0 Å². The molecule has 0 aliphatic heterocycles. The fourth-order valence-electron chi connectivity index (χ4n) is 1.44. The van der Waals surface area contributed by atoms with Crippen LogP contribution >= 0.6 is 11.6 Å². The number of nitrogens with two attached hydrogens (primary N) is 1. The van der Waals surface area contributed by atoms with Crippen molar-refractivity contribution in [3.8, 4) is 12.3 Å². The summed E-state index contributed by atoms with van der Waals surface area (Å²) in [6, 6.07) is 4.50. The van der Waals surface area contributed by atoms with Gasteiger partial charge in [-0.1, -0.05) is 30.9 Å². The fraction of sp³-hybridized carbons (Fsp3) is 0.308. The molecule has 0 aromatic heterocycles. The van der Waals surface area contributed by atoms with Gasteiger partial charge in [-0.25, -0.2) is 0 Å². The highest BCUT2D eigenvalue weighted by atomic mass is 35.5. The maximum atomic E-state index is 11.9. The van der Waals surface area contributed by atoms with Crippen LogP contribution in [0.5, 0.6) is 0 Å². The molecule has 0 saturated heterocycles. The minimum Gasteiger partial charge on any atom is -0.399 e. The lowest BCUT2D eigenvalue weighted by molar-refractivity contribution is 0.0944. The lowest BCUT2D eigenvalue weighted by Crippen LogP contribution is -2.33. The van der Waals surface area contributed by atoms with Gasteiger partial charge in [0.15, 0.2) is 0 Å². The van der Waals surface area contributed by atoms with Gasteiger partial charge >= 0.3 is 0 Å². The minimum atomic E-state index is -0.272. The summed E-state index contributed by atoms with van der Waals surface area (Å²) in [5.74, 6) is 2.26. The molecule has 0 saturated carbocycles. The maximum Gasteiger partial charge on any atom is 0.253 e. The number of benzene rings is 1. The fourth-order valence-corrected chi connectivity index (χ4v) is 1.71. The molecular weight excluding hydrogens is 236 g/mol. The number of amides is 1. The second-order valence-corrected chi connectivity index (χ2v) is 4.13. The molecule has 3 N–H and O–H groups in total. The van der Waals surface area contributed by atoms with E-state index in [-0.39, 0.29) is 11.9 Å². The number of hydrogen-bond acceptors (Lipinski definition) is 2. The van der Waals surface area contributed by atoms with E-state index < -0.39 is 0 Å². The van der Waals surface area contributed by atoms with Crippen LogP contribution in [0.15, 0.2) is 18.2 Å². The first-order valence-corrected chi connectivity index (χ1v) is 5.78. The van der Waals surface area contributed by atoms with Crippen molar-refractivity contribution in [1.29, 1.82) is 0 Å². The van der Waals surface area contributed by atoms with Gasteiger partial charge in [0.05, 0.1) is 16.6 Å². The Morgan fingerprint density at radius 1 is 1.65 bits per heavy atom. The molecule has 0 heterocycles. The molecule has 3 nitrogen and oxygen atoms in total. The Morgan fingerprint density at radius 2 is 2.35 bits per heavy atom. The monoisotopic (exact) mass is 250 g/mol. The van der Waals surface area contributed by atoms with Crippen molar-refractivity contribution in [2.24, 2.45) is 0 Å². The Morgan fingerprint density at radius 3 is 2.88 bits per heavy atom. The van der Waals surface area contributed by atoms with Gasteiger partial charge in [0, 0.05) is 5.69 Å². The SMILES string of the molecule is C#CC(CCC)NC(=O)c1ccc(N)cc1Cl. The van der Waals surface area contributed by atoms with Crippen LogP contribution in [0.4, 0.5) is 5.69 Å². The molecule has 0 spiro atoms. The van der Waals surface area contributed by atoms with Crippen LogP contribution in [-0.4, -0.2) is 11.9 Å². The zero-order valence-corrected chi connectivity index (χ0v) is 10.4. The average Bonchev–Trinajstić information content (AvgIpc) is 2.28. The normalized spacial score (nSPS) is 11.6. The highest BCUT2D eigenvalue weighted by molar-refractivity contribution is 6.34. The number of anilines is 1. The first-order valence-electron chi connectivity index (χ1n) is 5.40. The van der Waals surface area contributed by atoms with E-state index in [1.165, 1.54) is 0 Å². The third-order valence-corrected chi connectivity index (χ3v) is 2.63. The number of carbonyl (C=O) groups excluding carboxylic acids is 1. The molecule has 0 bridgehead atoms. The molecule has 17 heavy (non-hydrogen) atoms. The summed E-state index contributed by atoms with van der Waals surface area (Å²) < 4.78 is 0. The predicted molar refractivity (Wildman–Crippen MR) is 70.9 cm³/mol. The van der Waals surface area contributed by atoms with Crippen molar-refractivity contribution >= 4 is 23.2 Å². The molecule has 1 aromatic rings. The van der Waals surface area contributed by atoms with Crippen molar-refractivity contribution in [1.82, 2.24) is 5.32 Å². The van der Waals surface area contributed by atoms with Crippen molar-refractivity contribution in [2.75, 3.05) is 5.73 Å². The third-order valence-electron chi connectivity index (χ3n) is 2.32. The summed E-state index contributed by atoms with van der Waals surface area (Å²) in [5, 5.41) is 3.07. The van der Waals surface area contributed by atoms with E-state index >= 15 is 0 Å². The van der Waals surface area contributed by atoms with Crippen LogP contribution in [0.1, 0.15) is 30.1 Å². The summed E-state index contributed by atoms with van der Waals surface area (Å²) in [6.07, 6.45) is 6.98. The second kappa shape index (κ2) is 6.17. The summed E-state index contributed by atoms with van der Waals surface area (Å²) in [4.78, 5) is 11.9. The molecule has 1 atom stereocenters. The minimum absolute atomic E-state index is 0.263. The molecule has 0 aliphatic carbocycles. The smallest absolute Gasteiger partial charge is 0.253 e. The summed E-state index contributed by atoms with van der Waals surface area (Å²) >= 11 is 5.94. The first kappa shape index (κ1) is 13.4. The molecule has 1 aromatic carbocycles. The van der Waals surface area contributed by atoms with Gasteiger partial charge in [-0.15, -0.1) is 6.42 Å². The third kappa shape index (κ3) is 3.69. The molecule has 4 heteroatoms. The van der Waals surface area contributed by atoms with Crippen LogP contribution in [0.2, 0.25) is 5.02 Å². The Hall–Kier alpha value is -1.66. The van der Waals surface area contributed by atoms with Crippen LogP contribution in [0.25, 0.3) is 0 Å². The molecule has 1 amide bonds. The summed E-state index contributed by atoms with van der Waals surface area (Å²) in [5.41, 5.74) is 6.46. The molecular formula is C13H15ClN2O. The molecule has 1 unspecified atom stereocenters. The van der Waals surface area contributed by atoms with E-state index in [1.807, 2.05) is 6.92 Å². The number of terminal acetylenes is 1. The largest absolute Gasteiger partial charge is 0.399 e. The van der Waals surface area contributed by atoms with Crippen molar-refractivity contribution in [2.45, 2.75) is 25.8 Å². The number of nitrogen functional groups attached to an aromatic ring is 1. The topological polar surface area (TPSA) is 55.1 Å². The molecule has 90 valence electrons. The van der Waals surface area contributed by atoms with Gasteiger partial charge in [0.2, 0.25) is 0 Å². The van der Waals surface area contributed by atoms with Gasteiger partial charge in [-0.2, -0.15) is 0 Å². The lowest BCUT2D eigenvalue weighted by Gasteiger charge is -2.12. The van der Waals surface area contributed by atoms with Crippen LogP contribution in [0.3, 0.4) is 0 Å².